The molecule has 2 heterocycles. The molecule has 1 aromatic heterocycles. The molecule has 0 spiro atoms. The predicted octanol–water partition coefficient (Wildman–Crippen LogP) is 7.35. The van der Waals surface area contributed by atoms with E-state index < -0.39 is 29.1 Å². The Morgan fingerprint density at radius 1 is 1.09 bits per heavy atom. The molecule has 0 fully saturated rings. The molecular weight excluding hydrogens is 540 g/mol. The van der Waals surface area contributed by atoms with Crippen molar-refractivity contribution in [3.8, 4) is 16.9 Å². The van der Waals surface area contributed by atoms with Gasteiger partial charge in [-0.3, -0.25) is 0 Å². The monoisotopic (exact) mass is 576 g/mol. The Hall–Kier alpha value is -4.78. The lowest BCUT2D eigenvalue weighted by molar-refractivity contribution is -0.139. The average molecular weight is 577 g/mol. The fourth-order valence-electron chi connectivity index (χ4n) is 6.23. The van der Waals surface area contributed by atoms with Crippen molar-refractivity contribution in [2.45, 2.75) is 57.1 Å². The van der Waals surface area contributed by atoms with E-state index in [0.29, 0.717) is 0 Å². The highest BCUT2D eigenvalue weighted by atomic mass is 16.5. The Kier molecular flexibility index (Phi) is 6.92. The number of rotatable bonds is 8. The maximum absolute atomic E-state index is 13.1. The lowest BCUT2D eigenvalue weighted by Crippen LogP contribution is -2.43. The van der Waals surface area contributed by atoms with E-state index in [1.165, 1.54) is 0 Å². The first-order chi connectivity index (χ1) is 20.5. The maximum atomic E-state index is 13.1. The van der Waals surface area contributed by atoms with E-state index in [1.807, 2.05) is 94.5 Å². The fraction of sp³-hybridized carbons (Fsp3) is 0.278. The molecule has 7 nitrogen and oxygen atoms in total. The second-order valence-electron chi connectivity index (χ2n) is 12.4. The minimum atomic E-state index is -1.21. The van der Waals surface area contributed by atoms with Crippen LogP contribution in [0.25, 0.3) is 28.1 Å². The van der Waals surface area contributed by atoms with Crippen molar-refractivity contribution in [3.63, 3.8) is 0 Å². The Labute approximate surface area is 251 Å². The summed E-state index contributed by atoms with van der Waals surface area (Å²) in [6, 6.07) is 18.8. The van der Waals surface area contributed by atoms with Gasteiger partial charge in [-0.15, -0.1) is 6.58 Å². The van der Waals surface area contributed by atoms with Gasteiger partial charge in [0, 0.05) is 34.4 Å². The molecule has 43 heavy (non-hydrogen) atoms. The molecule has 220 valence electrons. The minimum absolute atomic E-state index is 0.0565. The standard InChI is InChI=1S/C36H36N2O5/c1-6-35(2,3)32-27(25-15-16-30-26(31(25)38-32)17-18-36(4,5)43-30)19-29(33(39)40)37-34(41)42-20-28-23-13-9-7-11-21(23)22-12-8-10-14-24(22)28/h6-18,28-29,38H,1,19-20H2,2-5H3,(H,37,41)(H,39,40). The van der Waals surface area contributed by atoms with E-state index in [2.05, 4.69) is 29.0 Å². The average Bonchev–Trinajstić information content (AvgIpc) is 3.51. The van der Waals surface area contributed by atoms with Gasteiger partial charge in [-0.05, 0) is 65.9 Å². The van der Waals surface area contributed by atoms with Crippen LogP contribution in [-0.4, -0.2) is 40.4 Å². The van der Waals surface area contributed by atoms with Gasteiger partial charge in [0.05, 0.1) is 5.52 Å². The van der Waals surface area contributed by atoms with Crippen molar-refractivity contribution in [1.82, 2.24) is 10.3 Å². The molecule has 1 aliphatic carbocycles. The third-order valence-electron chi connectivity index (χ3n) is 8.60. The lowest BCUT2D eigenvalue weighted by atomic mass is 9.85. The van der Waals surface area contributed by atoms with Gasteiger partial charge < -0.3 is 24.9 Å². The van der Waals surface area contributed by atoms with Crippen LogP contribution in [0.15, 0.2) is 79.4 Å². The van der Waals surface area contributed by atoms with Crippen LogP contribution in [-0.2, 0) is 21.4 Å². The first kappa shape index (κ1) is 28.3. The minimum Gasteiger partial charge on any atom is -0.483 e. The van der Waals surface area contributed by atoms with Gasteiger partial charge in [0.2, 0.25) is 0 Å². The van der Waals surface area contributed by atoms with E-state index in [9.17, 15) is 14.7 Å². The van der Waals surface area contributed by atoms with E-state index in [0.717, 1.165) is 55.7 Å². The molecule has 1 unspecified atom stereocenters. The Morgan fingerprint density at radius 2 is 1.74 bits per heavy atom. The van der Waals surface area contributed by atoms with Crippen LogP contribution in [0.3, 0.4) is 0 Å². The highest BCUT2D eigenvalue weighted by Crippen LogP contribution is 2.45. The number of alkyl carbamates (subject to hydrolysis) is 1. The number of H-pyrrole nitrogens is 1. The molecule has 0 radical (unpaired) electrons. The fourth-order valence-corrected chi connectivity index (χ4v) is 6.23. The number of aromatic nitrogens is 1. The number of ether oxygens (including phenoxy) is 2. The number of carbonyl (C=O) groups excluding carboxylic acids is 1. The summed E-state index contributed by atoms with van der Waals surface area (Å²) in [6.45, 7) is 12.1. The number of aromatic amines is 1. The molecule has 0 saturated carbocycles. The molecule has 1 aliphatic heterocycles. The number of carboxylic acid groups (broad SMARTS) is 1. The normalized spacial score (nSPS) is 15.6. The Morgan fingerprint density at radius 3 is 2.37 bits per heavy atom. The van der Waals surface area contributed by atoms with Gasteiger partial charge in [-0.1, -0.05) is 68.5 Å². The van der Waals surface area contributed by atoms with Gasteiger partial charge in [0.15, 0.2) is 0 Å². The molecule has 4 aromatic rings. The largest absolute Gasteiger partial charge is 0.483 e. The van der Waals surface area contributed by atoms with Crippen LogP contribution >= 0.6 is 0 Å². The summed E-state index contributed by atoms with van der Waals surface area (Å²) in [5, 5.41) is 13.7. The van der Waals surface area contributed by atoms with Gasteiger partial charge in [0.1, 0.15) is 24.0 Å². The number of nitrogens with one attached hydrogen (secondary N) is 2. The van der Waals surface area contributed by atoms with Crippen LogP contribution in [0.1, 0.15) is 61.6 Å². The number of carbonyl (C=O) groups is 2. The predicted molar refractivity (Wildman–Crippen MR) is 169 cm³/mol. The summed E-state index contributed by atoms with van der Waals surface area (Å²) in [5.74, 6) is -0.517. The molecule has 2 aliphatic rings. The summed E-state index contributed by atoms with van der Waals surface area (Å²) in [5.41, 5.74) is 6.90. The third kappa shape index (κ3) is 5.09. The quantitative estimate of drug-likeness (QED) is 0.190. The highest BCUT2D eigenvalue weighted by Gasteiger charge is 2.33. The summed E-state index contributed by atoms with van der Waals surface area (Å²) in [4.78, 5) is 29.1. The summed E-state index contributed by atoms with van der Waals surface area (Å²) < 4.78 is 11.9. The van der Waals surface area contributed by atoms with Crippen molar-refractivity contribution in [2.75, 3.05) is 6.61 Å². The zero-order valence-corrected chi connectivity index (χ0v) is 24.9. The third-order valence-corrected chi connectivity index (χ3v) is 8.60. The van der Waals surface area contributed by atoms with Crippen LogP contribution in [0, 0.1) is 0 Å². The molecule has 3 N–H and O–H groups in total. The zero-order valence-electron chi connectivity index (χ0n) is 24.9. The van der Waals surface area contributed by atoms with E-state index in [4.69, 9.17) is 9.47 Å². The number of hydrogen-bond acceptors (Lipinski definition) is 4. The second-order valence-corrected chi connectivity index (χ2v) is 12.4. The number of hydrogen-bond donors (Lipinski definition) is 3. The van der Waals surface area contributed by atoms with Crippen molar-refractivity contribution in [2.24, 2.45) is 0 Å². The molecule has 7 heteroatoms. The topological polar surface area (TPSA) is 101 Å². The molecule has 1 amide bonds. The Bertz CT molecular complexity index is 1750. The SMILES string of the molecule is C=CC(C)(C)c1[nH]c2c3c(ccc2c1CC(NC(=O)OCC1c2ccccc2-c2ccccc21)C(=O)O)OC(C)(C)C=C3. The van der Waals surface area contributed by atoms with Crippen LogP contribution in [0.2, 0.25) is 0 Å². The summed E-state index contributed by atoms with van der Waals surface area (Å²) >= 11 is 0. The smallest absolute Gasteiger partial charge is 0.407 e. The molecule has 3 aromatic carbocycles. The first-order valence-corrected chi connectivity index (χ1v) is 14.5. The maximum Gasteiger partial charge on any atom is 0.407 e. The van der Waals surface area contributed by atoms with Crippen LogP contribution < -0.4 is 10.1 Å². The number of aliphatic carboxylic acids is 1. The van der Waals surface area contributed by atoms with E-state index in [1.54, 1.807) is 0 Å². The van der Waals surface area contributed by atoms with Gasteiger partial charge in [-0.2, -0.15) is 0 Å². The van der Waals surface area contributed by atoms with Crippen LogP contribution in [0.5, 0.6) is 5.75 Å². The number of allylic oxidation sites excluding steroid dienone is 1. The second kappa shape index (κ2) is 10.5. The number of carboxylic acids is 1. The molecule has 6 rings (SSSR count). The van der Waals surface area contributed by atoms with Gasteiger partial charge in [-0.25, -0.2) is 9.59 Å². The van der Waals surface area contributed by atoms with Crippen molar-refractivity contribution >= 4 is 29.0 Å². The van der Waals surface area contributed by atoms with E-state index in [-0.39, 0.29) is 18.9 Å². The van der Waals surface area contributed by atoms with Crippen molar-refractivity contribution < 1.29 is 24.2 Å². The molecule has 1 atom stereocenters. The van der Waals surface area contributed by atoms with Gasteiger partial charge >= 0.3 is 12.1 Å². The highest BCUT2D eigenvalue weighted by molar-refractivity contribution is 5.95. The Balaban J connectivity index is 1.26. The van der Waals surface area contributed by atoms with Gasteiger partial charge in [0.25, 0.3) is 0 Å². The lowest BCUT2D eigenvalue weighted by Gasteiger charge is -2.28. The molecule has 0 saturated heterocycles. The zero-order chi connectivity index (χ0) is 30.5. The number of fused-ring (bicyclic) bond motifs is 6. The molecule has 0 bridgehead atoms. The molecular formula is C36H36N2O5. The summed E-state index contributed by atoms with van der Waals surface area (Å²) in [6.07, 6.45) is 5.16. The first-order valence-electron chi connectivity index (χ1n) is 14.5. The number of amides is 1. The van der Waals surface area contributed by atoms with Crippen molar-refractivity contribution in [1.29, 1.82) is 0 Å². The number of benzene rings is 3. The van der Waals surface area contributed by atoms with Crippen LogP contribution in [0.4, 0.5) is 4.79 Å². The van der Waals surface area contributed by atoms with Crippen molar-refractivity contribution in [3.05, 3.63) is 107 Å². The van der Waals surface area contributed by atoms with E-state index >= 15 is 0 Å². The summed E-state index contributed by atoms with van der Waals surface area (Å²) in [7, 11) is 0.